The summed E-state index contributed by atoms with van der Waals surface area (Å²) in [5, 5.41) is 15.3. The molecule has 0 saturated carbocycles. The number of aryl methyl sites for hydroxylation is 1. The Morgan fingerprint density at radius 1 is 1.46 bits per heavy atom. The fraction of sp³-hybridized carbons (Fsp3) is 0.500. The molecule has 1 aliphatic heterocycles. The van der Waals surface area contributed by atoms with Gasteiger partial charge in [-0.1, -0.05) is 5.16 Å². The first-order valence-corrected chi connectivity index (χ1v) is 8.44. The largest absolute Gasteiger partial charge is 0.366 e. The number of amides is 1. The first-order valence-electron chi connectivity index (χ1n) is 8.06. The van der Waals surface area contributed by atoms with Crippen LogP contribution in [0.2, 0.25) is 5.22 Å². The molecule has 1 N–H and O–H groups in total. The van der Waals surface area contributed by atoms with Gasteiger partial charge < -0.3 is 14.7 Å². The average molecular weight is 350 g/mol. The number of rotatable bonds is 5. The van der Waals surface area contributed by atoms with Crippen molar-refractivity contribution in [3.63, 3.8) is 0 Å². The number of halogens is 1. The van der Waals surface area contributed by atoms with Gasteiger partial charge in [-0.05, 0) is 49.9 Å². The first kappa shape index (κ1) is 16.7. The van der Waals surface area contributed by atoms with Crippen LogP contribution in [-0.2, 0) is 11.2 Å². The van der Waals surface area contributed by atoms with E-state index in [1.165, 1.54) is 0 Å². The SMILES string of the molecule is Cc1noc(Cl)c1CCC(=O)N1CCC(Nc2cccnn2)CC1. The average Bonchev–Trinajstić information content (AvgIpc) is 2.92. The van der Waals surface area contributed by atoms with Crippen molar-refractivity contribution in [3.8, 4) is 0 Å². The van der Waals surface area contributed by atoms with Crippen molar-refractivity contribution in [2.75, 3.05) is 18.4 Å². The lowest BCUT2D eigenvalue weighted by atomic mass is 10.0. The summed E-state index contributed by atoms with van der Waals surface area (Å²) < 4.78 is 4.91. The molecule has 128 valence electrons. The molecule has 3 rings (SSSR count). The number of carbonyl (C=O) groups excluding carboxylic acids is 1. The van der Waals surface area contributed by atoms with Crippen LogP contribution in [-0.4, -0.2) is 45.3 Å². The second-order valence-corrected chi connectivity index (χ2v) is 6.27. The van der Waals surface area contributed by atoms with Crippen molar-refractivity contribution < 1.29 is 9.32 Å². The lowest BCUT2D eigenvalue weighted by molar-refractivity contribution is -0.132. The summed E-state index contributed by atoms with van der Waals surface area (Å²) in [4.78, 5) is 14.3. The molecule has 1 amide bonds. The third kappa shape index (κ3) is 4.03. The summed E-state index contributed by atoms with van der Waals surface area (Å²) in [6, 6.07) is 4.07. The van der Waals surface area contributed by atoms with Crippen molar-refractivity contribution in [3.05, 3.63) is 34.8 Å². The van der Waals surface area contributed by atoms with Crippen molar-refractivity contribution in [2.45, 2.75) is 38.6 Å². The molecular formula is C16H20ClN5O2. The molecule has 7 nitrogen and oxygen atoms in total. The van der Waals surface area contributed by atoms with E-state index < -0.39 is 0 Å². The van der Waals surface area contributed by atoms with Gasteiger partial charge in [0.2, 0.25) is 11.1 Å². The van der Waals surface area contributed by atoms with E-state index in [-0.39, 0.29) is 11.1 Å². The molecule has 0 aromatic carbocycles. The summed E-state index contributed by atoms with van der Waals surface area (Å²) in [6.07, 6.45) is 4.43. The molecule has 2 aromatic rings. The Kier molecular flexibility index (Phi) is 5.30. The Morgan fingerprint density at radius 2 is 2.25 bits per heavy atom. The van der Waals surface area contributed by atoms with Crippen LogP contribution in [0, 0.1) is 6.92 Å². The maximum absolute atomic E-state index is 12.4. The predicted octanol–water partition coefficient (Wildman–Crippen LogP) is 2.46. The molecular weight excluding hydrogens is 330 g/mol. The van der Waals surface area contributed by atoms with Crippen molar-refractivity contribution >= 4 is 23.3 Å². The van der Waals surface area contributed by atoms with Gasteiger partial charge in [0, 0.05) is 37.3 Å². The molecule has 1 fully saturated rings. The number of nitrogens with one attached hydrogen (secondary N) is 1. The van der Waals surface area contributed by atoms with E-state index in [1.54, 1.807) is 6.20 Å². The second-order valence-electron chi connectivity index (χ2n) is 5.93. The Morgan fingerprint density at radius 3 is 2.88 bits per heavy atom. The summed E-state index contributed by atoms with van der Waals surface area (Å²) in [5.41, 5.74) is 1.57. The predicted molar refractivity (Wildman–Crippen MR) is 89.8 cm³/mol. The van der Waals surface area contributed by atoms with Crippen LogP contribution >= 0.6 is 11.6 Å². The van der Waals surface area contributed by atoms with E-state index in [9.17, 15) is 4.79 Å². The van der Waals surface area contributed by atoms with Gasteiger partial charge in [-0.2, -0.15) is 5.10 Å². The zero-order valence-corrected chi connectivity index (χ0v) is 14.3. The number of hydrogen-bond donors (Lipinski definition) is 1. The topological polar surface area (TPSA) is 84.2 Å². The van der Waals surface area contributed by atoms with Crippen molar-refractivity contribution in [1.29, 1.82) is 0 Å². The third-order valence-corrected chi connectivity index (χ3v) is 4.59. The minimum Gasteiger partial charge on any atom is -0.366 e. The quantitative estimate of drug-likeness (QED) is 0.892. The maximum atomic E-state index is 12.4. The molecule has 0 aliphatic carbocycles. The van der Waals surface area contributed by atoms with Gasteiger partial charge in [-0.25, -0.2) is 0 Å². The Bertz CT molecular complexity index is 664. The minimum absolute atomic E-state index is 0.143. The van der Waals surface area contributed by atoms with E-state index in [2.05, 4.69) is 20.7 Å². The normalized spacial score (nSPS) is 15.5. The van der Waals surface area contributed by atoms with Crippen LogP contribution in [0.4, 0.5) is 5.82 Å². The number of nitrogens with zero attached hydrogens (tertiary/aromatic N) is 4. The lowest BCUT2D eigenvalue weighted by Gasteiger charge is -2.32. The van der Waals surface area contributed by atoms with Gasteiger partial charge in [0.1, 0.15) is 5.82 Å². The highest BCUT2D eigenvalue weighted by atomic mass is 35.5. The van der Waals surface area contributed by atoms with E-state index >= 15 is 0 Å². The molecule has 24 heavy (non-hydrogen) atoms. The van der Waals surface area contributed by atoms with Crippen LogP contribution in [0.1, 0.15) is 30.5 Å². The van der Waals surface area contributed by atoms with E-state index in [0.717, 1.165) is 43.0 Å². The highest BCUT2D eigenvalue weighted by Crippen LogP contribution is 2.21. The van der Waals surface area contributed by atoms with Gasteiger partial charge in [-0.3, -0.25) is 4.79 Å². The van der Waals surface area contributed by atoms with Gasteiger partial charge in [0.05, 0.1) is 5.69 Å². The van der Waals surface area contributed by atoms with Crippen LogP contribution in [0.25, 0.3) is 0 Å². The van der Waals surface area contributed by atoms with Crippen molar-refractivity contribution in [2.24, 2.45) is 0 Å². The minimum atomic E-state index is 0.143. The molecule has 1 aliphatic rings. The zero-order chi connectivity index (χ0) is 16.9. The number of carbonyl (C=O) groups is 1. The third-order valence-electron chi connectivity index (χ3n) is 4.30. The van der Waals surface area contributed by atoms with Gasteiger partial charge in [0.25, 0.3) is 0 Å². The smallest absolute Gasteiger partial charge is 0.229 e. The summed E-state index contributed by atoms with van der Waals surface area (Å²) in [7, 11) is 0. The number of piperidine rings is 1. The molecule has 8 heteroatoms. The molecule has 0 radical (unpaired) electrons. The fourth-order valence-electron chi connectivity index (χ4n) is 2.89. The molecule has 0 atom stereocenters. The first-order chi connectivity index (χ1) is 11.6. The number of anilines is 1. The molecule has 2 aromatic heterocycles. The van der Waals surface area contributed by atoms with Crippen LogP contribution in [0.15, 0.2) is 22.9 Å². The van der Waals surface area contributed by atoms with E-state index in [1.807, 2.05) is 24.0 Å². The molecule has 0 spiro atoms. The van der Waals surface area contributed by atoms with Crippen LogP contribution in [0.3, 0.4) is 0 Å². The monoisotopic (exact) mass is 349 g/mol. The summed E-state index contributed by atoms with van der Waals surface area (Å²) in [6.45, 7) is 3.32. The van der Waals surface area contributed by atoms with Gasteiger partial charge in [-0.15, -0.1) is 5.10 Å². The highest BCUT2D eigenvalue weighted by Gasteiger charge is 2.23. The molecule has 0 bridgehead atoms. The number of hydrogen-bond acceptors (Lipinski definition) is 6. The maximum Gasteiger partial charge on any atom is 0.229 e. The zero-order valence-electron chi connectivity index (χ0n) is 13.5. The Labute approximate surface area is 145 Å². The summed E-state index contributed by atoms with van der Waals surface area (Å²) >= 11 is 5.94. The Hall–Kier alpha value is -2.15. The molecule has 1 saturated heterocycles. The number of aromatic nitrogens is 3. The summed E-state index contributed by atoms with van der Waals surface area (Å²) in [5.74, 6) is 0.921. The van der Waals surface area contributed by atoms with Gasteiger partial charge >= 0.3 is 0 Å². The van der Waals surface area contributed by atoms with E-state index in [4.69, 9.17) is 16.1 Å². The second kappa shape index (κ2) is 7.61. The fourth-order valence-corrected chi connectivity index (χ4v) is 3.16. The lowest BCUT2D eigenvalue weighted by Crippen LogP contribution is -2.42. The van der Waals surface area contributed by atoms with Gasteiger partial charge in [0.15, 0.2) is 0 Å². The van der Waals surface area contributed by atoms with E-state index in [0.29, 0.717) is 18.9 Å². The number of likely N-dealkylation sites (tertiary alicyclic amines) is 1. The standard InChI is InChI=1S/C16H20ClN5O2/c1-11-13(16(17)24-21-11)4-5-15(23)22-9-6-12(7-10-22)19-14-3-2-8-18-20-14/h2-3,8,12H,4-7,9-10H2,1H3,(H,19,20). The molecule has 3 heterocycles. The molecule has 0 unspecified atom stereocenters. The Balaban J connectivity index is 1.45. The van der Waals surface area contributed by atoms with Crippen LogP contribution < -0.4 is 5.32 Å². The van der Waals surface area contributed by atoms with Crippen molar-refractivity contribution in [1.82, 2.24) is 20.3 Å². The highest BCUT2D eigenvalue weighted by molar-refractivity contribution is 6.29. The van der Waals surface area contributed by atoms with Crippen LogP contribution in [0.5, 0.6) is 0 Å².